The second kappa shape index (κ2) is 4.31. The van der Waals surface area contributed by atoms with E-state index in [2.05, 4.69) is 32.6 Å². The van der Waals surface area contributed by atoms with Crippen molar-refractivity contribution >= 4 is 0 Å². The minimum absolute atomic E-state index is 0.685. The number of hydrogen-bond acceptors (Lipinski definition) is 1. The first-order valence-corrected chi connectivity index (χ1v) is 4.96. The number of hydrogen-bond donors (Lipinski definition) is 1. The second-order valence-electron chi connectivity index (χ2n) is 3.82. The molecule has 13 heavy (non-hydrogen) atoms. The van der Waals surface area contributed by atoms with Crippen molar-refractivity contribution in [1.82, 2.24) is 0 Å². The summed E-state index contributed by atoms with van der Waals surface area (Å²) in [6.07, 6.45) is 7.75. The Morgan fingerprint density at radius 2 is 2.31 bits per heavy atom. The molecule has 1 rings (SSSR count). The van der Waals surface area contributed by atoms with Crippen LogP contribution >= 0.6 is 0 Å². The van der Waals surface area contributed by atoms with E-state index in [4.69, 9.17) is 5.73 Å². The molecule has 1 aliphatic rings. The van der Waals surface area contributed by atoms with Gasteiger partial charge in [0.05, 0.1) is 0 Å². The number of allylic oxidation sites excluding steroid dienone is 4. The molecule has 0 saturated heterocycles. The van der Waals surface area contributed by atoms with Gasteiger partial charge in [0.15, 0.2) is 0 Å². The van der Waals surface area contributed by atoms with Crippen molar-refractivity contribution in [3.63, 3.8) is 0 Å². The van der Waals surface area contributed by atoms with Crippen LogP contribution in [0.25, 0.3) is 0 Å². The van der Waals surface area contributed by atoms with Crippen LogP contribution < -0.4 is 5.73 Å². The average molecular weight is 177 g/mol. The predicted octanol–water partition coefficient (Wildman–Crippen LogP) is 3.15. The summed E-state index contributed by atoms with van der Waals surface area (Å²) in [5, 5.41) is 0. The Balaban J connectivity index is 2.73. The molecule has 0 heterocycles. The largest absolute Gasteiger partial charge is 0.402 e. The van der Waals surface area contributed by atoms with Crippen molar-refractivity contribution < 1.29 is 0 Å². The summed E-state index contributed by atoms with van der Waals surface area (Å²) in [6.45, 7) is 8.19. The maximum atomic E-state index is 5.61. The van der Waals surface area contributed by atoms with Crippen LogP contribution in [0.15, 0.2) is 35.6 Å². The zero-order valence-corrected chi connectivity index (χ0v) is 8.64. The fourth-order valence-electron chi connectivity index (χ4n) is 1.75. The third-order valence-electron chi connectivity index (χ3n) is 2.43. The molecular weight excluding hydrogens is 158 g/mol. The number of nitrogens with two attached hydrogens (primary N) is 1. The van der Waals surface area contributed by atoms with E-state index < -0.39 is 0 Å². The average Bonchev–Trinajstić information content (AvgIpc) is 2.07. The van der Waals surface area contributed by atoms with Crippen molar-refractivity contribution in [2.45, 2.75) is 33.1 Å². The molecule has 1 atom stereocenters. The van der Waals surface area contributed by atoms with Gasteiger partial charge < -0.3 is 5.73 Å². The first-order chi connectivity index (χ1) is 6.13. The molecular formula is C12H19N. The summed E-state index contributed by atoms with van der Waals surface area (Å²) in [5.74, 6) is 0.685. The topological polar surface area (TPSA) is 26.0 Å². The summed E-state index contributed by atoms with van der Waals surface area (Å²) in [5.41, 5.74) is 9.21. The van der Waals surface area contributed by atoms with Crippen LogP contribution in [0.5, 0.6) is 0 Å². The zero-order valence-electron chi connectivity index (χ0n) is 8.64. The van der Waals surface area contributed by atoms with Gasteiger partial charge in [-0.15, -0.1) is 0 Å². The lowest BCUT2D eigenvalue weighted by atomic mass is 9.88. The van der Waals surface area contributed by atoms with E-state index in [0.29, 0.717) is 5.92 Å². The minimum Gasteiger partial charge on any atom is -0.402 e. The van der Waals surface area contributed by atoms with E-state index in [1.165, 1.54) is 11.1 Å². The molecule has 1 nitrogen and oxygen atoms in total. The van der Waals surface area contributed by atoms with E-state index >= 15 is 0 Å². The fraction of sp³-hybridized carbons (Fsp3) is 0.500. The maximum absolute atomic E-state index is 5.61. The van der Waals surface area contributed by atoms with Gasteiger partial charge in [0.1, 0.15) is 0 Å². The molecule has 0 aromatic heterocycles. The fourth-order valence-corrected chi connectivity index (χ4v) is 1.75. The molecule has 0 fully saturated rings. The van der Waals surface area contributed by atoms with Gasteiger partial charge in [-0.3, -0.25) is 0 Å². The van der Waals surface area contributed by atoms with Crippen molar-refractivity contribution in [2.24, 2.45) is 11.7 Å². The van der Waals surface area contributed by atoms with Crippen LogP contribution in [0, 0.1) is 5.92 Å². The van der Waals surface area contributed by atoms with Crippen molar-refractivity contribution in [3.8, 4) is 0 Å². The van der Waals surface area contributed by atoms with E-state index in [-0.39, 0.29) is 0 Å². The Kier molecular flexibility index (Phi) is 3.35. The molecule has 0 bridgehead atoms. The second-order valence-corrected chi connectivity index (χ2v) is 3.82. The van der Waals surface area contributed by atoms with Crippen LogP contribution in [-0.4, -0.2) is 0 Å². The molecule has 0 saturated carbocycles. The van der Waals surface area contributed by atoms with Gasteiger partial charge in [-0.2, -0.15) is 0 Å². The Bertz CT molecular complexity index is 258. The standard InChI is InChI=1S/C12H19N/c1-4-11-7-9(2)5-6-12(11)8-10(3)13/h6-7,9H,3-5,8,13H2,1-2H3. The number of rotatable bonds is 3. The SMILES string of the molecule is C=C(N)CC1=CCC(C)C=C1CC. The third-order valence-corrected chi connectivity index (χ3v) is 2.43. The van der Waals surface area contributed by atoms with Crippen LogP contribution in [0.3, 0.4) is 0 Å². The molecule has 0 aromatic rings. The van der Waals surface area contributed by atoms with Gasteiger partial charge >= 0.3 is 0 Å². The highest BCUT2D eigenvalue weighted by Gasteiger charge is 2.11. The van der Waals surface area contributed by atoms with Crippen molar-refractivity contribution in [3.05, 3.63) is 35.6 Å². The van der Waals surface area contributed by atoms with E-state index in [9.17, 15) is 0 Å². The normalized spacial score (nSPS) is 22.2. The van der Waals surface area contributed by atoms with Gasteiger partial charge in [0.25, 0.3) is 0 Å². The molecule has 1 unspecified atom stereocenters. The highest BCUT2D eigenvalue weighted by atomic mass is 14.6. The predicted molar refractivity (Wildman–Crippen MR) is 58.2 cm³/mol. The first kappa shape index (κ1) is 10.1. The lowest BCUT2D eigenvalue weighted by Gasteiger charge is -2.18. The molecule has 72 valence electrons. The Morgan fingerprint density at radius 3 is 2.85 bits per heavy atom. The molecule has 1 heteroatoms. The molecule has 0 aliphatic heterocycles. The van der Waals surface area contributed by atoms with Gasteiger partial charge in [-0.05, 0) is 29.9 Å². The molecule has 0 radical (unpaired) electrons. The molecule has 0 spiro atoms. The quantitative estimate of drug-likeness (QED) is 0.704. The van der Waals surface area contributed by atoms with Gasteiger partial charge in [-0.1, -0.05) is 32.6 Å². The van der Waals surface area contributed by atoms with Crippen LogP contribution in [0.1, 0.15) is 33.1 Å². The Hall–Kier alpha value is -0.980. The summed E-state index contributed by atoms with van der Waals surface area (Å²) in [4.78, 5) is 0. The van der Waals surface area contributed by atoms with Gasteiger partial charge in [-0.25, -0.2) is 0 Å². The van der Waals surface area contributed by atoms with Crippen molar-refractivity contribution in [2.75, 3.05) is 0 Å². The highest BCUT2D eigenvalue weighted by Crippen LogP contribution is 2.27. The molecule has 0 aromatic carbocycles. The molecule has 2 N–H and O–H groups in total. The Labute approximate surface area is 81.0 Å². The molecule has 0 amide bonds. The zero-order chi connectivity index (χ0) is 9.84. The lowest BCUT2D eigenvalue weighted by molar-refractivity contribution is 0.710. The van der Waals surface area contributed by atoms with Crippen LogP contribution in [-0.2, 0) is 0 Å². The van der Waals surface area contributed by atoms with E-state index in [1.54, 1.807) is 0 Å². The molecule has 1 aliphatic carbocycles. The van der Waals surface area contributed by atoms with Crippen molar-refractivity contribution in [1.29, 1.82) is 0 Å². The summed E-state index contributed by atoms with van der Waals surface area (Å²) in [7, 11) is 0. The third kappa shape index (κ3) is 2.76. The summed E-state index contributed by atoms with van der Waals surface area (Å²) in [6, 6.07) is 0. The summed E-state index contributed by atoms with van der Waals surface area (Å²) < 4.78 is 0. The minimum atomic E-state index is 0.685. The van der Waals surface area contributed by atoms with Gasteiger partial charge in [0.2, 0.25) is 0 Å². The first-order valence-electron chi connectivity index (χ1n) is 4.96. The smallest absolute Gasteiger partial charge is 0.0114 e. The Morgan fingerprint density at radius 1 is 1.62 bits per heavy atom. The lowest BCUT2D eigenvalue weighted by Crippen LogP contribution is -2.04. The van der Waals surface area contributed by atoms with E-state index in [1.807, 2.05) is 0 Å². The van der Waals surface area contributed by atoms with E-state index in [0.717, 1.165) is 25.0 Å². The van der Waals surface area contributed by atoms with Crippen LogP contribution in [0.4, 0.5) is 0 Å². The maximum Gasteiger partial charge on any atom is 0.0114 e. The summed E-state index contributed by atoms with van der Waals surface area (Å²) >= 11 is 0. The van der Waals surface area contributed by atoms with Crippen LogP contribution in [0.2, 0.25) is 0 Å². The highest BCUT2D eigenvalue weighted by molar-refractivity contribution is 5.36. The monoisotopic (exact) mass is 177 g/mol. The van der Waals surface area contributed by atoms with Gasteiger partial charge in [0, 0.05) is 12.1 Å².